The first kappa shape index (κ1) is 16.9. The quantitative estimate of drug-likeness (QED) is 0.452. The molecule has 1 unspecified atom stereocenters. The van der Waals surface area contributed by atoms with Crippen LogP contribution in [-0.4, -0.2) is 22.8 Å². The number of ether oxygens (including phenoxy) is 1. The van der Waals surface area contributed by atoms with Crippen LogP contribution in [0.2, 0.25) is 0 Å². The summed E-state index contributed by atoms with van der Waals surface area (Å²) in [7, 11) is 0. The Morgan fingerprint density at radius 1 is 1.19 bits per heavy atom. The van der Waals surface area contributed by atoms with Gasteiger partial charge in [0, 0.05) is 12.0 Å². The van der Waals surface area contributed by atoms with Gasteiger partial charge in [0.05, 0.1) is 5.92 Å². The number of ketones is 1. The number of carboxylic acid groups (broad SMARTS) is 1. The predicted molar refractivity (Wildman–Crippen MR) is 77.3 cm³/mol. The molecule has 21 heavy (non-hydrogen) atoms. The molecule has 1 N–H and O–H groups in total. The van der Waals surface area contributed by atoms with Crippen LogP contribution in [0, 0.1) is 5.92 Å². The minimum absolute atomic E-state index is 0.0489. The Hall–Kier alpha value is -2.17. The number of rotatable bonds is 8. The van der Waals surface area contributed by atoms with Crippen molar-refractivity contribution in [1.82, 2.24) is 0 Å². The molecule has 1 aromatic rings. The lowest BCUT2D eigenvalue weighted by Crippen LogP contribution is -2.14. The summed E-state index contributed by atoms with van der Waals surface area (Å²) < 4.78 is 5.13. The first-order chi connectivity index (χ1) is 9.93. The van der Waals surface area contributed by atoms with Gasteiger partial charge >= 0.3 is 11.9 Å². The zero-order chi connectivity index (χ0) is 15.8. The maximum atomic E-state index is 11.6. The number of benzene rings is 1. The van der Waals surface area contributed by atoms with Gasteiger partial charge in [0.1, 0.15) is 5.75 Å². The van der Waals surface area contributed by atoms with E-state index in [1.54, 1.807) is 24.3 Å². The molecule has 0 saturated carbocycles. The van der Waals surface area contributed by atoms with Crippen LogP contribution >= 0.6 is 0 Å². The molecule has 0 heterocycles. The number of aliphatic carboxylic acids is 1. The monoisotopic (exact) mass is 292 g/mol. The van der Waals surface area contributed by atoms with Crippen LogP contribution in [0.15, 0.2) is 24.3 Å². The van der Waals surface area contributed by atoms with Crippen LogP contribution < -0.4 is 4.74 Å². The Morgan fingerprint density at radius 3 is 2.29 bits per heavy atom. The Morgan fingerprint density at radius 2 is 1.81 bits per heavy atom. The van der Waals surface area contributed by atoms with Gasteiger partial charge in [-0.15, -0.1) is 0 Å². The highest BCUT2D eigenvalue weighted by molar-refractivity contribution is 5.94. The van der Waals surface area contributed by atoms with Crippen molar-refractivity contribution in [3.8, 4) is 5.75 Å². The number of carbonyl (C=O) groups excluding carboxylic acids is 2. The van der Waals surface area contributed by atoms with Crippen LogP contribution in [-0.2, 0) is 9.59 Å². The third-order valence-electron chi connectivity index (χ3n) is 3.27. The average molecular weight is 292 g/mol. The van der Waals surface area contributed by atoms with Crippen LogP contribution in [0.25, 0.3) is 0 Å². The van der Waals surface area contributed by atoms with E-state index in [1.165, 1.54) is 6.92 Å². The molecule has 0 fully saturated rings. The van der Waals surface area contributed by atoms with Crippen LogP contribution in [0.1, 0.15) is 49.9 Å². The van der Waals surface area contributed by atoms with E-state index in [2.05, 4.69) is 0 Å². The fourth-order valence-corrected chi connectivity index (χ4v) is 1.94. The van der Waals surface area contributed by atoms with Crippen molar-refractivity contribution in [2.45, 2.75) is 39.5 Å². The molecule has 5 nitrogen and oxygen atoms in total. The summed E-state index contributed by atoms with van der Waals surface area (Å²) in [4.78, 5) is 33.6. The third kappa shape index (κ3) is 5.77. The van der Waals surface area contributed by atoms with Gasteiger partial charge in [-0.2, -0.15) is 0 Å². The Bertz CT molecular complexity index is 504. The second kappa shape index (κ2) is 8.19. The van der Waals surface area contributed by atoms with Crippen molar-refractivity contribution < 1.29 is 24.2 Å². The molecule has 0 aliphatic heterocycles. The van der Waals surface area contributed by atoms with E-state index in [-0.39, 0.29) is 12.2 Å². The van der Waals surface area contributed by atoms with Crippen molar-refractivity contribution in [3.63, 3.8) is 0 Å². The number of carboxylic acids is 1. The number of hydrogen-bond acceptors (Lipinski definition) is 4. The van der Waals surface area contributed by atoms with E-state index >= 15 is 0 Å². The molecule has 0 aliphatic carbocycles. The first-order valence-electron chi connectivity index (χ1n) is 6.98. The number of carbonyl (C=O) groups is 3. The smallest absolute Gasteiger partial charge is 0.311 e. The van der Waals surface area contributed by atoms with Crippen molar-refractivity contribution >= 4 is 17.7 Å². The second-order valence-corrected chi connectivity index (χ2v) is 4.89. The summed E-state index contributed by atoms with van der Waals surface area (Å²) in [5, 5.41) is 8.90. The summed E-state index contributed by atoms with van der Waals surface area (Å²) in [6.07, 6.45) is 1.68. The van der Waals surface area contributed by atoms with Gasteiger partial charge < -0.3 is 9.84 Å². The van der Waals surface area contributed by atoms with Crippen LogP contribution in [0.4, 0.5) is 0 Å². The average Bonchev–Trinajstić information content (AvgIpc) is 2.43. The first-order valence-corrected chi connectivity index (χ1v) is 6.98. The fraction of sp³-hybridized carbons (Fsp3) is 0.438. The highest BCUT2D eigenvalue weighted by atomic mass is 16.5. The van der Waals surface area contributed by atoms with Crippen LogP contribution in [0.3, 0.4) is 0 Å². The molecule has 5 heteroatoms. The largest absolute Gasteiger partial charge is 0.481 e. The Labute approximate surface area is 123 Å². The summed E-state index contributed by atoms with van der Waals surface area (Å²) >= 11 is 0. The predicted octanol–water partition coefficient (Wildman–Crippen LogP) is 3.08. The van der Waals surface area contributed by atoms with Gasteiger partial charge in [0.25, 0.3) is 0 Å². The molecule has 0 bridgehead atoms. The van der Waals surface area contributed by atoms with Crippen molar-refractivity contribution in [2.24, 2.45) is 5.92 Å². The zero-order valence-corrected chi connectivity index (χ0v) is 12.3. The van der Waals surface area contributed by atoms with Gasteiger partial charge in [-0.25, -0.2) is 0 Å². The number of Topliss-reactive ketones (excluding diaryl/α,β-unsaturated/α-hetero) is 1. The van der Waals surface area contributed by atoms with E-state index in [1.807, 2.05) is 6.92 Å². The summed E-state index contributed by atoms with van der Waals surface area (Å²) in [5.74, 6) is -1.30. The van der Waals surface area contributed by atoms with E-state index in [0.717, 1.165) is 0 Å². The van der Waals surface area contributed by atoms with E-state index in [0.29, 0.717) is 30.6 Å². The lowest BCUT2D eigenvalue weighted by atomic mass is 10.00. The molecule has 0 aromatic heterocycles. The maximum absolute atomic E-state index is 11.6. The Balaban J connectivity index is 2.40. The van der Waals surface area contributed by atoms with Gasteiger partial charge in [0.2, 0.25) is 0 Å². The maximum Gasteiger partial charge on any atom is 0.311 e. The fourth-order valence-electron chi connectivity index (χ4n) is 1.94. The molecule has 0 saturated heterocycles. The van der Waals surface area contributed by atoms with Gasteiger partial charge in [-0.05, 0) is 50.5 Å². The summed E-state index contributed by atoms with van der Waals surface area (Å²) in [5.41, 5.74) is 0.557. The lowest BCUT2D eigenvalue weighted by molar-refractivity contribution is -0.142. The lowest BCUT2D eigenvalue weighted by Gasteiger charge is -2.09. The molecule has 0 amide bonds. The minimum Gasteiger partial charge on any atom is -0.481 e. The van der Waals surface area contributed by atoms with E-state index in [4.69, 9.17) is 9.84 Å². The van der Waals surface area contributed by atoms with Gasteiger partial charge in [-0.3, -0.25) is 14.4 Å². The number of esters is 1. The highest BCUT2D eigenvalue weighted by Crippen LogP contribution is 2.16. The molecule has 1 rings (SSSR count). The van der Waals surface area contributed by atoms with Crippen molar-refractivity contribution in [2.75, 3.05) is 0 Å². The Kier molecular flexibility index (Phi) is 6.59. The van der Waals surface area contributed by atoms with E-state index < -0.39 is 17.9 Å². The van der Waals surface area contributed by atoms with Crippen molar-refractivity contribution in [3.05, 3.63) is 29.8 Å². The molecule has 1 atom stereocenters. The SMILES string of the molecule is CCC(CCCC(=O)Oc1ccc(C(C)=O)cc1)C(=O)O. The van der Waals surface area contributed by atoms with Gasteiger partial charge in [-0.1, -0.05) is 6.92 Å². The second-order valence-electron chi connectivity index (χ2n) is 4.89. The molecular formula is C16H20O5. The molecule has 114 valence electrons. The summed E-state index contributed by atoms with van der Waals surface area (Å²) in [6.45, 7) is 3.28. The molecule has 1 aromatic carbocycles. The summed E-state index contributed by atoms with van der Waals surface area (Å²) in [6, 6.07) is 6.34. The molecule has 0 spiro atoms. The van der Waals surface area contributed by atoms with Crippen molar-refractivity contribution in [1.29, 1.82) is 0 Å². The zero-order valence-electron chi connectivity index (χ0n) is 12.3. The van der Waals surface area contributed by atoms with E-state index in [9.17, 15) is 14.4 Å². The molecule has 0 radical (unpaired) electrons. The van der Waals surface area contributed by atoms with Crippen LogP contribution in [0.5, 0.6) is 5.75 Å². The third-order valence-corrected chi connectivity index (χ3v) is 3.27. The molecular weight excluding hydrogens is 272 g/mol. The van der Waals surface area contributed by atoms with Gasteiger partial charge in [0.15, 0.2) is 5.78 Å². The standard InChI is InChI=1S/C16H20O5/c1-3-12(16(19)20)5-4-6-15(18)21-14-9-7-13(8-10-14)11(2)17/h7-10,12H,3-6H2,1-2H3,(H,19,20). The normalized spacial score (nSPS) is 11.7. The topological polar surface area (TPSA) is 80.7 Å². The minimum atomic E-state index is -0.828. The molecule has 0 aliphatic rings. The number of hydrogen-bond donors (Lipinski definition) is 1. The highest BCUT2D eigenvalue weighted by Gasteiger charge is 2.15.